The van der Waals surface area contributed by atoms with Gasteiger partial charge < -0.3 is 15.2 Å². The zero-order chi connectivity index (χ0) is 13.2. The van der Waals surface area contributed by atoms with Gasteiger partial charge in [0.05, 0.1) is 19.8 Å². The summed E-state index contributed by atoms with van der Waals surface area (Å²) in [6, 6.07) is 0.192. The first kappa shape index (κ1) is 15.0. The van der Waals surface area contributed by atoms with E-state index in [1.807, 2.05) is 12.4 Å². The minimum atomic E-state index is 0.192. The smallest absolute Gasteiger partial charge is 0.130 e. The Labute approximate surface area is 109 Å². The Kier molecular flexibility index (Phi) is 7.48. The zero-order valence-electron chi connectivity index (χ0n) is 11.3. The Morgan fingerprint density at radius 2 is 1.94 bits per heavy atom. The Bertz CT molecular complexity index is 317. The summed E-state index contributed by atoms with van der Waals surface area (Å²) < 4.78 is 10.3. The highest BCUT2D eigenvalue weighted by molar-refractivity contribution is 5.07. The van der Waals surface area contributed by atoms with Crippen molar-refractivity contribution in [2.24, 2.45) is 5.73 Å². The molecule has 1 aromatic rings. The van der Waals surface area contributed by atoms with Crippen molar-refractivity contribution in [1.82, 2.24) is 9.97 Å². The second-order valence-corrected chi connectivity index (χ2v) is 4.24. The number of rotatable bonds is 9. The topological polar surface area (TPSA) is 70.3 Å². The fraction of sp³-hybridized carbons (Fsp3) is 0.692. The molecule has 1 atom stereocenters. The van der Waals surface area contributed by atoms with Gasteiger partial charge in [0.25, 0.3) is 0 Å². The van der Waals surface area contributed by atoms with E-state index in [1.54, 1.807) is 7.11 Å². The number of nitrogens with two attached hydrogens (primary N) is 1. The third kappa shape index (κ3) is 6.05. The third-order valence-electron chi connectivity index (χ3n) is 2.68. The molecule has 0 saturated carbocycles. The van der Waals surface area contributed by atoms with Crippen molar-refractivity contribution in [3.8, 4) is 0 Å². The first-order chi connectivity index (χ1) is 8.76. The average molecular weight is 253 g/mol. The van der Waals surface area contributed by atoms with Gasteiger partial charge in [-0.25, -0.2) is 9.97 Å². The van der Waals surface area contributed by atoms with E-state index < -0.39 is 0 Å². The molecule has 102 valence electrons. The fourth-order valence-corrected chi connectivity index (χ4v) is 1.47. The van der Waals surface area contributed by atoms with Gasteiger partial charge in [0, 0.05) is 32.0 Å². The zero-order valence-corrected chi connectivity index (χ0v) is 11.3. The minimum absolute atomic E-state index is 0.192. The Balaban J connectivity index is 2.27. The van der Waals surface area contributed by atoms with Gasteiger partial charge in [0.15, 0.2) is 0 Å². The van der Waals surface area contributed by atoms with E-state index in [-0.39, 0.29) is 6.04 Å². The van der Waals surface area contributed by atoms with E-state index in [0.29, 0.717) is 19.8 Å². The molecule has 0 bridgehead atoms. The second kappa shape index (κ2) is 8.97. The first-order valence-corrected chi connectivity index (χ1v) is 6.38. The monoisotopic (exact) mass is 253 g/mol. The lowest BCUT2D eigenvalue weighted by Gasteiger charge is -2.08. The van der Waals surface area contributed by atoms with Crippen LogP contribution >= 0.6 is 0 Å². The maximum absolute atomic E-state index is 5.88. The van der Waals surface area contributed by atoms with Crippen LogP contribution in [0.5, 0.6) is 0 Å². The van der Waals surface area contributed by atoms with Crippen LogP contribution in [0.2, 0.25) is 0 Å². The highest BCUT2D eigenvalue weighted by atomic mass is 16.5. The van der Waals surface area contributed by atoms with Crippen molar-refractivity contribution < 1.29 is 9.47 Å². The van der Waals surface area contributed by atoms with Crippen LogP contribution in [-0.2, 0) is 22.3 Å². The molecule has 1 aromatic heterocycles. The average Bonchev–Trinajstić information content (AvgIpc) is 2.40. The van der Waals surface area contributed by atoms with Crippen molar-refractivity contribution in [3.63, 3.8) is 0 Å². The maximum atomic E-state index is 5.88. The number of methoxy groups -OCH3 is 1. The van der Waals surface area contributed by atoms with Crippen LogP contribution in [0, 0.1) is 0 Å². The molecule has 2 N–H and O–H groups in total. The Morgan fingerprint density at radius 3 is 2.56 bits per heavy atom. The van der Waals surface area contributed by atoms with Crippen LogP contribution in [0.15, 0.2) is 12.4 Å². The van der Waals surface area contributed by atoms with Crippen LogP contribution in [0.1, 0.15) is 24.7 Å². The molecule has 0 aliphatic heterocycles. The predicted octanol–water partition coefficient (Wildman–Crippen LogP) is 0.962. The van der Waals surface area contributed by atoms with Crippen LogP contribution in [0.25, 0.3) is 0 Å². The lowest BCUT2D eigenvalue weighted by molar-refractivity contribution is 0.0716. The van der Waals surface area contributed by atoms with Crippen molar-refractivity contribution in [2.75, 3.05) is 26.9 Å². The normalized spacial score (nSPS) is 12.6. The van der Waals surface area contributed by atoms with E-state index in [4.69, 9.17) is 15.2 Å². The number of hydrogen-bond acceptors (Lipinski definition) is 5. The molecule has 0 spiro atoms. The minimum Gasteiger partial charge on any atom is -0.382 e. The summed E-state index contributed by atoms with van der Waals surface area (Å²) in [6.07, 6.45) is 6.24. The van der Waals surface area contributed by atoms with Gasteiger partial charge in [-0.3, -0.25) is 0 Å². The highest BCUT2D eigenvalue weighted by Gasteiger charge is 2.03. The molecule has 18 heavy (non-hydrogen) atoms. The number of hydrogen-bond donors (Lipinski definition) is 1. The molecule has 0 amide bonds. The Morgan fingerprint density at radius 1 is 1.22 bits per heavy atom. The van der Waals surface area contributed by atoms with Gasteiger partial charge in [-0.05, 0) is 18.4 Å². The van der Waals surface area contributed by atoms with E-state index >= 15 is 0 Å². The van der Waals surface area contributed by atoms with E-state index in [0.717, 1.165) is 30.7 Å². The summed E-state index contributed by atoms with van der Waals surface area (Å²) in [5.41, 5.74) is 6.97. The van der Waals surface area contributed by atoms with Crippen molar-refractivity contribution in [2.45, 2.75) is 32.2 Å². The van der Waals surface area contributed by atoms with Gasteiger partial charge in [0.1, 0.15) is 5.82 Å². The largest absolute Gasteiger partial charge is 0.382 e. The standard InChI is InChI=1S/C13H23N3O2/c1-3-12(14)8-11-9-15-13(16-10-11)4-5-18-7-6-17-2/h9-10,12H,3-8,14H2,1-2H3. The summed E-state index contributed by atoms with van der Waals surface area (Å²) >= 11 is 0. The predicted molar refractivity (Wildman–Crippen MR) is 70.4 cm³/mol. The molecule has 1 rings (SSSR count). The van der Waals surface area contributed by atoms with E-state index in [9.17, 15) is 0 Å². The van der Waals surface area contributed by atoms with Crippen LogP contribution < -0.4 is 5.73 Å². The number of nitrogens with zero attached hydrogens (tertiary/aromatic N) is 2. The van der Waals surface area contributed by atoms with Crippen molar-refractivity contribution in [3.05, 3.63) is 23.8 Å². The number of ether oxygens (including phenoxy) is 2. The molecular weight excluding hydrogens is 230 g/mol. The molecule has 5 nitrogen and oxygen atoms in total. The molecule has 1 heterocycles. The molecule has 0 aromatic carbocycles. The summed E-state index contributed by atoms with van der Waals surface area (Å²) in [6.45, 7) is 3.93. The molecule has 1 unspecified atom stereocenters. The summed E-state index contributed by atoms with van der Waals surface area (Å²) in [5.74, 6) is 0.807. The van der Waals surface area contributed by atoms with Crippen LogP contribution in [-0.4, -0.2) is 42.9 Å². The molecule has 0 aliphatic rings. The SMILES string of the molecule is CCC(N)Cc1cnc(CCOCCOC)nc1. The van der Waals surface area contributed by atoms with Crippen LogP contribution in [0.3, 0.4) is 0 Å². The highest BCUT2D eigenvalue weighted by Crippen LogP contribution is 2.02. The van der Waals surface area contributed by atoms with Crippen molar-refractivity contribution in [1.29, 1.82) is 0 Å². The first-order valence-electron chi connectivity index (χ1n) is 6.38. The molecule has 5 heteroatoms. The summed E-state index contributed by atoms with van der Waals surface area (Å²) in [5, 5.41) is 0. The molecule has 0 saturated heterocycles. The van der Waals surface area contributed by atoms with E-state index in [2.05, 4.69) is 16.9 Å². The van der Waals surface area contributed by atoms with Crippen molar-refractivity contribution >= 4 is 0 Å². The maximum Gasteiger partial charge on any atom is 0.130 e. The van der Waals surface area contributed by atoms with Gasteiger partial charge >= 0.3 is 0 Å². The summed E-state index contributed by atoms with van der Waals surface area (Å²) in [4.78, 5) is 8.61. The summed E-state index contributed by atoms with van der Waals surface area (Å²) in [7, 11) is 1.66. The van der Waals surface area contributed by atoms with Gasteiger partial charge in [-0.2, -0.15) is 0 Å². The lowest BCUT2D eigenvalue weighted by Crippen LogP contribution is -2.21. The quantitative estimate of drug-likeness (QED) is 0.664. The lowest BCUT2D eigenvalue weighted by atomic mass is 10.1. The second-order valence-electron chi connectivity index (χ2n) is 4.24. The third-order valence-corrected chi connectivity index (χ3v) is 2.68. The molecular formula is C13H23N3O2. The van der Waals surface area contributed by atoms with Gasteiger partial charge in [-0.1, -0.05) is 6.92 Å². The Hall–Kier alpha value is -1.04. The molecule has 0 radical (unpaired) electrons. The van der Waals surface area contributed by atoms with Crippen LogP contribution in [0.4, 0.5) is 0 Å². The molecule has 0 fully saturated rings. The molecule has 0 aliphatic carbocycles. The van der Waals surface area contributed by atoms with Gasteiger partial charge in [-0.15, -0.1) is 0 Å². The van der Waals surface area contributed by atoms with E-state index in [1.165, 1.54) is 0 Å². The van der Waals surface area contributed by atoms with Gasteiger partial charge in [0.2, 0.25) is 0 Å². The fourth-order valence-electron chi connectivity index (χ4n) is 1.47. The number of aromatic nitrogens is 2.